The molecule has 112 valence electrons. The Balaban J connectivity index is 1.76. The van der Waals surface area contributed by atoms with Gasteiger partial charge in [-0.2, -0.15) is 0 Å². The molecule has 0 fully saturated rings. The average molecular weight is 306 g/mol. The highest BCUT2D eigenvalue weighted by Gasteiger charge is 2.01. The van der Waals surface area contributed by atoms with E-state index in [4.69, 9.17) is 21.1 Å². The Morgan fingerprint density at radius 1 is 1.00 bits per heavy atom. The fourth-order valence-corrected chi connectivity index (χ4v) is 2.23. The summed E-state index contributed by atoms with van der Waals surface area (Å²) in [6.45, 7) is 3.79. The summed E-state index contributed by atoms with van der Waals surface area (Å²) < 4.78 is 11.2. The Bertz CT molecular complexity index is 570. The number of aryl methyl sites for hydroxylation is 1. The van der Waals surface area contributed by atoms with Crippen LogP contribution in [0.3, 0.4) is 0 Å². The van der Waals surface area contributed by atoms with E-state index in [9.17, 15) is 0 Å². The molecule has 0 amide bonds. The zero-order valence-corrected chi connectivity index (χ0v) is 13.1. The summed E-state index contributed by atoms with van der Waals surface area (Å²) in [5.41, 5.74) is 2.35. The van der Waals surface area contributed by atoms with Crippen molar-refractivity contribution in [3.05, 3.63) is 58.6 Å². The maximum atomic E-state index is 6.10. The lowest BCUT2D eigenvalue weighted by atomic mass is 10.2. The molecular weight excluding hydrogens is 286 g/mol. The summed E-state index contributed by atoms with van der Waals surface area (Å²) in [7, 11) is 1.93. The van der Waals surface area contributed by atoms with Gasteiger partial charge in [0.2, 0.25) is 0 Å². The summed E-state index contributed by atoms with van der Waals surface area (Å²) in [5.74, 6) is 1.53. The van der Waals surface area contributed by atoms with Crippen molar-refractivity contribution >= 4 is 11.6 Å². The highest BCUT2D eigenvalue weighted by atomic mass is 35.5. The summed E-state index contributed by atoms with van der Waals surface area (Å²) >= 11 is 6.10. The summed E-state index contributed by atoms with van der Waals surface area (Å²) in [4.78, 5) is 0. The predicted octanol–water partition coefficient (Wildman–Crippen LogP) is 3.83. The lowest BCUT2D eigenvalue weighted by Crippen LogP contribution is -2.09. The minimum Gasteiger partial charge on any atom is -0.490 e. The Hall–Kier alpha value is -1.71. The standard InChI is InChI=1S/C17H20ClNO2/c1-13-3-8-17(16(18)11-13)21-10-9-20-15-6-4-14(5-7-15)12-19-2/h3-8,11,19H,9-10,12H2,1-2H3. The van der Waals surface area contributed by atoms with E-state index in [1.165, 1.54) is 5.56 Å². The Labute approximate surface area is 130 Å². The summed E-state index contributed by atoms with van der Waals surface area (Å²) in [6.07, 6.45) is 0. The molecule has 0 radical (unpaired) electrons. The van der Waals surface area contributed by atoms with Crippen molar-refractivity contribution in [3.63, 3.8) is 0 Å². The van der Waals surface area contributed by atoms with Crippen molar-refractivity contribution < 1.29 is 9.47 Å². The number of hydrogen-bond acceptors (Lipinski definition) is 3. The minimum absolute atomic E-state index is 0.459. The molecule has 0 saturated heterocycles. The fourth-order valence-electron chi connectivity index (χ4n) is 1.94. The quantitative estimate of drug-likeness (QED) is 0.789. The van der Waals surface area contributed by atoms with Gasteiger partial charge in [0.25, 0.3) is 0 Å². The van der Waals surface area contributed by atoms with E-state index in [0.717, 1.165) is 17.9 Å². The van der Waals surface area contributed by atoms with Gasteiger partial charge in [0.1, 0.15) is 24.7 Å². The maximum Gasteiger partial charge on any atom is 0.138 e. The first kappa shape index (κ1) is 15.7. The number of hydrogen-bond donors (Lipinski definition) is 1. The van der Waals surface area contributed by atoms with Crippen LogP contribution in [0.25, 0.3) is 0 Å². The molecule has 0 unspecified atom stereocenters. The SMILES string of the molecule is CNCc1ccc(OCCOc2ccc(C)cc2Cl)cc1. The van der Waals surface area contributed by atoms with Crippen molar-refractivity contribution in [2.45, 2.75) is 13.5 Å². The van der Waals surface area contributed by atoms with Crippen molar-refractivity contribution in [1.29, 1.82) is 0 Å². The highest BCUT2D eigenvalue weighted by Crippen LogP contribution is 2.25. The molecule has 0 heterocycles. The van der Waals surface area contributed by atoms with Gasteiger partial charge in [0.05, 0.1) is 5.02 Å². The van der Waals surface area contributed by atoms with Crippen LogP contribution >= 0.6 is 11.6 Å². The largest absolute Gasteiger partial charge is 0.490 e. The molecule has 0 aliphatic carbocycles. The topological polar surface area (TPSA) is 30.5 Å². The van der Waals surface area contributed by atoms with Gasteiger partial charge in [-0.05, 0) is 49.4 Å². The third kappa shape index (κ3) is 4.96. The second-order valence-electron chi connectivity index (χ2n) is 4.81. The number of ether oxygens (including phenoxy) is 2. The smallest absolute Gasteiger partial charge is 0.138 e. The van der Waals surface area contributed by atoms with Gasteiger partial charge < -0.3 is 14.8 Å². The van der Waals surface area contributed by atoms with E-state index in [2.05, 4.69) is 5.32 Å². The molecule has 1 N–H and O–H groups in total. The first-order valence-corrected chi connectivity index (χ1v) is 7.32. The molecule has 0 bridgehead atoms. The Kier molecular flexibility index (Phi) is 5.90. The average Bonchev–Trinajstić information content (AvgIpc) is 2.47. The van der Waals surface area contributed by atoms with E-state index < -0.39 is 0 Å². The summed E-state index contributed by atoms with van der Waals surface area (Å²) in [5, 5.41) is 3.74. The molecule has 21 heavy (non-hydrogen) atoms. The molecule has 3 nitrogen and oxygen atoms in total. The zero-order valence-electron chi connectivity index (χ0n) is 12.4. The van der Waals surface area contributed by atoms with Crippen LogP contribution in [0.1, 0.15) is 11.1 Å². The Morgan fingerprint density at radius 3 is 2.38 bits per heavy atom. The molecule has 2 aromatic rings. The maximum absolute atomic E-state index is 6.10. The number of benzene rings is 2. The minimum atomic E-state index is 0.459. The van der Waals surface area contributed by atoms with Crippen LogP contribution in [-0.2, 0) is 6.54 Å². The van der Waals surface area contributed by atoms with Crippen molar-refractivity contribution in [2.75, 3.05) is 20.3 Å². The normalized spacial score (nSPS) is 10.4. The molecule has 4 heteroatoms. The number of rotatable bonds is 7. The van der Waals surface area contributed by atoms with Crippen LogP contribution in [0, 0.1) is 6.92 Å². The molecule has 0 aliphatic rings. The van der Waals surface area contributed by atoms with Gasteiger partial charge >= 0.3 is 0 Å². The van der Waals surface area contributed by atoms with Crippen molar-refractivity contribution in [1.82, 2.24) is 5.32 Å². The Morgan fingerprint density at radius 2 is 1.71 bits per heavy atom. The zero-order chi connectivity index (χ0) is 15.1. The van der Waals surface area contributed by atoms with Crippen LogP contribution in [0.5, 0.6) is 11.5 Å². The van der Waals surface area contributed by atoms with Crippen LogP contribution < -0.4 is 14.8 Å². The predicted molar refractivity (Wildman–Crippen MR) is 86.4 cm³/mol. The van der Waals surface area contributed by atoms with Crippen molar-refractivity contribution in [2.24, 2.45) is 0 Å². The van der Waals surface area contributed by atoms with Gasteiger partial charge in [0, 0.05) is 6.54 Å². The molecular formula is C17H20ClNO2. The van der Waals surface area contributed by atoms with E-state index in [1.807, 2.05) is 56.4 Å². The first-order chi connectivity index (χ1) is 10.2. The van der Waals surface area contributed by atoms with Crippen LogP contribution in [0.2, 0.25) is 5.02 Å². The van der Waals surface area contributed by atoms with E-state index >= 15 is 0 Å². The fraction of sp³-hybridized carbons (Fsp3) is 0.294. The molecule has 0 atom stereocenters. The van der Waals surface area contributed by atoms with Crippen molar-refractivity contribution in [3.8, 4) is 11.5 Å². The second-order valence-corrected chi connectivity index (χ2v) is 5.21. The lowest BCUT2D eigenvalue weighted by molar-refractivity contribution is 0.217. The van der Waals surface area contributed by atoms with E-state index in [1.54, 1.807) is 0 Å². The monoisotopic (exact) mass is 305 g/mol. The lowest BCUT2D eigenvalue weighted by Gasteiger charge is -2.10. The highest BCUT2D eigenvalue weighted by molar-refractivity contribution is 6.32. The number of nitrogens with one attached hydrogen (secondary N) is 1. The third-order valence-electron chi connectivity index (χ3n) is 3.00. The molecule has 0 aromatic heterocycles. The molecule has 0 aliphatic heterocycles. The van der Waals surface area contributed by atoms with Gasteiger partial charge in [-0.15, -0.1) is 0 Å². The van der Waals surface area contributed by atoms with E-state index in [0.29, 0.717) is 24.0 Å². The van der Waals surface area contributed by atoms with E-state index in [-0.39, 0.29) is 0 Å². The van der Waals surface area contributed by atoms with Gasteiger partial charge in [0.15, 0.2) is 0 Å². The van der Waals surface area contributed by atoms with Crippen LogP contribution in [-0.4, -0.2) is 20.3 Å². The molecule has 0 spiro atoms. The van der Waals surface area contributed by atoms with Gasteiger partial charge in [-0.25, -0.2) is 0 Å². The van der Waals surface area contributed by atoms with Gasteiger partial charge in [-0.1, -0.05) is 29.8 Å². The molecule has 0 saturated carbocycles. The second kappa shape index (κ2) is 7.91. The third-order valence-corrected chi connectivity index (χ3v) is 3.30. The number of halogens is 1. The molecule has 2 rings (SSSR count). The summed E-state index contributed by atoms with van der Waals surface area (Å²) in [6, 6.07) is 13.8. The molecule has 2 aromatic carbocycles. The van der Waals surface area contributed by atoms with Crippen LogP contribution in [0.15, 0.2) is 42.5 Å². The van der Waals surface area contributed by atoms with Crippen LogP contribution in [0.4, 0.5) is 0 Å². The first-order valence-electron chi connectivity index (χ1n) is 6.94. The van der Waals surface area contributed by atoms with Gasteiger partial charge in [-0.3, -0.25) is 0 Å².